The molecule has 4 heteroatoms. The van der Waals surface area contributed by atoms with E-state index in [1.54, 1.807) is 12.1 Å². The van der Waals surface area contributed by atoms with E-state index in [1.807, 2.05) is 45.0 Å². The quantitative estimate of drug-likeness (QED) is 0.888. The Labute approximate surface area is 124 Å². The van der Waals surface area contributed by atoms with Crippen molar-refractivity contribution in [1.29, 1.82) is 0 Å². The molecule has 2 aromatic rings. The van der Waals surface area contributed by atoms with Crippen LogP contribution in [-0.2, 0) is 4.74 Å². The summed E-state index contributed by atoms with van der Waals surface area (Å²) >= 11 is 0. The van der Waals surface area contributed by atoms with Crippen molar-refractivity contribution in [2.24, 2.45) is 0 Å². The Bertz CT molecular complexity index is 650. The minimum atomic E-state index is -0.434. The highest BCUT2D eigenvalue weighted by Crippen LogP contribution is 2.28. The predicted molar refractivity (Wildman–Crippen MR) is 83.7 cm³/mol. The molecule has 0 saturated carbocycles. The highest BCUT2D eigenvalue weighted by Gasteiger charge is 2.20. The van der Waals surface area contributed by atoms with Gasteiger partial charge in [0.05, 0.1) is 11.2 Å². The average molecular weight is 287 g/mol. The van der Waals surface area contributed by atoms with Gasteiger partial charge < -0.3 is 15.2 Å². The molecule has 1 amide bonds. The molecule has 2 N–H and O–H groups in total. The van der Waals surface area contributed by atoms with Crippen molar-refractivity contribution in [3.05, 3.63) is 42.0 Å². The predicted octanol–water partition coefficient (Wildman–Crippen LogP) is 3.09. The van der Waals surface area contributed by atoms with Gasteiger partial charge in [0, 0.05) is 18.5 Å². The van der Waals surface area contributed by atoms with Crippen molar-refractivity contribution in [2.75, 3.05) is 13.2 Å². The van der Waals surface area contributed by atoms with Crippen LogP contribution in [0, 0.1) is 0 Å². The van der Waals surface area contributed by atoms with E-state index in [-0.39, 0.29) is 17.2 Å². The Kier molecular flexibility index (Phi) is 4.48. The van der Waals surface area contributed by atoms with Crippen molar-refractivity contribution in [3.8, 4) is 5.75 Å². The Morgan fingerprint density at radius 1 is 1.24 bits per heavy atom. The molecule has 2 aromatic carbocycles. The standard InChI is InChI=1S/C17H21NO3/c1-4-21-17(2,3)11-18-16(20)14-10-9-12-7-5-6-8-13(12)15(14)19/h5-10,19H,4,11H2,1-3H3,(H,18,20). The van der Waals surface area contributed by atoms with E-state index in [0.717, 1.165) is 5.39 Å². The monoisotopic (exact) mass is 287 g/mol. The largest absolute Gasteiger partial charge is 0.506 e. The number of amides is 1. The highest BCUT2D eigenvalue weighted by molar-refractivity contribution is 6.03. The zero-order valence-corrected chi connectivity index (χ0v) is 12.6. The summed E-state index contributed by atoms with van der Waals surface area (Å²) in [6.07, 6.45) is 0. The molecule has 0 fully saturated rings. The summed E-state index contributed by atoms with van der Waals surface area (Å²) in [4.78, 5) is 12.2. The van der Waals surface area contributed by atoms with Crippen molar-refractivity contribution in [1.82, 2.24) is 5.32 Å². The molecule has 0 spiro atoms. The number of phenolic OH excluding ortho intramolecular Hbond substituents is 1. The second-order valence-corrected chi connectivity index (χ2v) is 5.56. The number of ether oxygens (including phenoxy) is 1. The van der Waals surface area contributed by atoms with Crippen LogP contribution in [0.1, 0.15) is 31.1 Å². The molecule has 0 unspecified atom stereocenters. The molecule has 0 saturated heterocycles. The van der Waals surface area contributed by atoms with Crippen molar-refractivity contribution < 1.29 is 14.6 Å². The van der Waals surface area contributed by atoms with Crippen LogP contribution in [-0.4, -0.2) is 29.8 Å². The number of hydrogen-bond donors (Lipinski definition) is 2. The van der Waals surface area contributed by atoms with Gasteiger partial charge in [0.1, 0.15) is 5.75 Å². The summed E-state index contributed by atoms with van der Waals surface area (Å²) in [6.45, 7) is 6.71. The molecule has 4 nitrogen and oxygen atoms in total. The lowest BCUT2D eigenvalue weighted by Crippen LogP contribution is -2.40. The molecule has 0 aromatic heterocycles. The van der Waals surface area contributed by atoms with Crippen LogP contribution < -0.4 is 5.32 Å². The SMILES string of the molecule is CCOC(C)(C)CNC(=O)c1ccc2ccccc2c1O. The maximum Gasteiger partial charge on any atom is 0.255 e. The first-order valence-corrected chi connectivity index (χ1v) is 7.07. The van der Waals surface area contributed by atoms with Gasteiger partial charge in [0.15, 0.2) is 0 Å². The van der Waals surface area contributed by atoms with Gasteiger partial charge >= 0.3 is 0 Å². The topological polar surface area (TPSA) is 58.6 Å². The van der Waals surface area contributed by atoms with Crippen LogP contribution in [0.25, 0.3) is 10.8 Å². The normalized spacial score (nSPS) is 11.6. The second-order valence-electron chi connectivity index (χ2n) is 5.56. The molecule has 0 aliphatic carbocycles. The van der Waals surface area contributed by atoms with Gasteiger partial charge in [-0.3, -0.25) is 4.79 Å². The second kappa shape index (κ2) is 6.14. The number of fused-ring (bicyclic) bond motifs is 1. The Balaban J connectivity index is 2.18. The molecule has 21 heavy (non-hydrogen) atoms. The maximum atomic E-state index is 12.2. The molecular formula is C17H21NO3. The fourth-order valence-corrected chi connectivity index (χ4v) is 2.27. The zero-order valence-electron chi connectivity index (χ0n) is 12.6. The van der Waals surface area contributed by atoms with Gasteiger partial charge in [-0.2, -0.15) is 0 Å². The van der Waals surface area contributed by atoms with Crippen LogP contribution in [0.15, 0.2) is 36.4 Å². The smallest absolute Gasteiger partial charge is 0.255 e. The molecule has 112 valence electrons. The maximum absolute atomic E-state index is 12.2. The minimum Gasteiger partial charge on any atom is -0.506 e. The van der Waals surface area contributed by atoms with Crippen molar-refractivity contribution >= 4 is 16.7 Å². The Hall–Kier alpha value is -2.07. The van der Waals surface area contributed by atoms with E-state index in [0.29, 0.717) is 18.5 Å². The molecule has 0 heterocycles. The fraction of sp³-hybridized carbons (Fsp3) is 0.353. The third-order valence-corrected chi connectivity index (χ3v) is 3.35. The summed E-state index contributed by atoms with van der Waals surface area (Å²) in [5.41, 5.74) is -0.155. The molecule has 0 aliphatic rings. The van der Waals surface area contributed by atoms with Crippen LogP contribution in [0.5, 0.6) is 5.75 Å². The number of benzene rings is 2. The molecular weight excluding hydrogens is 266 g/mol. The van der Waals surface area contributed by atoms with Gasteiger partial charge in [0.25, 0.3) is 5.91 Å². The van der Waals surface area contributed by atoms with Gasteiger partial charge in [-0.1, -0.05) is 30.3 Å². The van der Waals surface area contributed by atoms with Crippen LogP contribution in [0.3, 0.4) is 0 Å². The lowest BCUT2D eigenvalue weighted by Gasteiger charge is -2.25. The van der Waals surface area contributed by atoms with Crippen molar-refractivity contribution in [3.63, 3.8) is 0 Å². The highest BCUT2D eigenvalue weighted by atomic mass is 16.5. The molecule has 0 radical (unpaired) electrons. The third kappa shape index (κ3) is 3.52. The van der Waals surface area contributed by atoms with Gasteiger partial charge in [-0.15, -0.1) is 0 Å². The molecule has 2 rings (SSSR count). The first kappa shape index (κ1) is 15.3. The lowest BCUT2D eigenvalue weighted by molar-refractivity contribution is -0.00817. The zero-order chi connectivity index (χ0) is 15.5. The van der Waals surface area contributed by atoms with Crippen LogP contribution >= 0.6 is 0 Å². The van der Waals surface area contributed by atoms with Crippen LogP contribution in [0.2, 0.25) is 0 Å². The molecule has 0 atom stereocenters. The van der Waals surface area contributed by atoms with Crippen molar-refractivity contribution in [2.45, 2.75) is 26.4 Å². The first-order valence-electron chi connectivity index (χ1n) is 7.07. The number of carbonyl (C=O) groups excluding carboxylic acids is 1. The number of carbonyl (C=O) groups is 1. The van der Waals surface area contributed by atoms with E-state index >= 15 is 0 Å². The summed E-state index contributed by atoms with van der Waals surface area (Å²) in [6, 6.07) is 10.9. The average Bonchev–Trinajstić information content (AvgIpc) is 2.45. The summed E-state index contributed by atoms with van der Waals surface area (Å²) in [5.74, 6) is -0.286. The van der Waals surface area contributed by atoms with E-state index in [1.165, 1.54) is 0 Å². The number of aromatic hydroxyl groups is 1. The van der Waals surface area contributed by atoms with Gasteiger partial charge in [-0.25, -0.2) is 0 Å². The first-order chi connectivity index (χ1) is 9.94. The minimum absolute atomic E-state index is 0.0137. The third-order valence-electron chi connectivity index (χ3n) is 3.35. The lowest BCUT2D eigenvalue weighted by atomic mass is 10.0. The molecule has 0 bridgehead atoms. The van der Waals surface area contributed by atoms with Gasteiger partial charge in [-0.05, 0) is 32.2 Å². The van der Waals surface area contributed by atoms with E-state index in [4.69, 9.17) is 4.74 Å². The van der Waals surface area contributed by atoms with E-state index in [2.05, 4.69) is 5.32 Å². The van der Waals surface area contributed by atoms with E-state index < -0.39 is 5.60 Å². The summed E-state index contributed by atoms with van der Waals surface area (Å²) < 4.78 is 5.54. The van der Waals surface area contributed by atoms with Crippen LogP contribution in [0.4, 0.5) is 0 Å². The Morgan fingerprint density at radius 3 is 2.67 bits per heavy atom. The fourth-order valence-electron chi connectivity index (χ4n) is 2.27. The summed E-state index contributed by atoms with van der Waals surface area (Å²) in [5, 5.41) is 14.6. The number of nitrogens with one attached hydrogen (secondary N) is 1. The van der Waals surface area contributed by atoms with Gasteiger partial charge in [0.2, 0.25) is 0 Å². The summed E-state index contributed by atoms with van der Waals surface area (Å²) in [7, 11) is 0. The number of rotatable bonds is 5. The van der Waals surface area contributed by atoms with E-state index in [9.17, 15) is 9.90 Å². The molecule has 0 aliphatic heterocycles. The number of hydrogen-bond acceptors (Lipinski definition) is 3. The number of phenols is 1. The Morgan fingerprint density at radius 2 is 1.95 bits per heavy atom.